The van der Waals surface area contributed by atoms with Gasteiger partial charge in [0.1, 0.15) is 0 Å². The largest absolute Gasteiger partial charge is 0.325 e. The Hall–Kier alpha value is -2.20. The number of nitro benzene ring substituents is 1. The van der Waals surface area contributed by atoms with E-state index in [0.717, 1.165) is 0 Å². The summed E-state index contributed by atoms with van der Waals surface area (Å²) in [4.78, 5) is 23.4. The van der Waals surface area contributed by atoms with Crippen LogP contribution in [0.4, 0.5) is 11.4 Å². The van der Waals surface area contributed by atoms with Crippen molar-refractivity contribution in [3.8, 4) is 0 Å². The van der Waals surface area contributed by atoms with E-state index in [-0.39, 0.29) is 28.9 Å². The van der Waals surface area contributed by atoms with E-state index in [2.05, 4.69) is 5.32 Å². The van der Waals surface area contributed by atoms with Gasteiger partial charge in [0, 0.05) is 19.2 Å². The first-order chi connectivity index (χ1) is 14.6. The predicted molar refractivity (Wildman–Crippen MR) is 120 cm³/mol. The van der Waals surface area contributed by atoms with E-state index in [9.17, 15) is 23.3 Å². The number of hydrogen-bond donors (Lipinski definition) is 1. The summed E-state index contributed by atoms with van der Waals surface area (Å²) in [6.45, 7) is 1.93. The summed E-state index contributed by atoms with van der Waals surface area (Å²) in [5, 5.41) is 14.4. The molecular formula is C20H21Cl2N3O5S. The van der Waals surface area contributed by atoms with Gasteiger partial charge in [0.05, 0.1) is 37.9 Å². The molecule has 1 amide bonds. The number of sulfonamides is 1. The lowest BCUT2D eigenvalue weighted by molar-refractivity contribution is -0.385. The van der Waals surface area contributed by atoms with Gasteiger partial charge >= 0.3 is 0 Å². The van der Waals surface area contributed by atoms with Crippen LogP contribution in [0.3, 0.4) is 0 Å². The summed E-state index contributed by atoms with van der Waals surface area (Å²) < 4.78 is 27.1. The predicted octanol–water partition coefficient (Wildman–Crippen LogP) is 4.39. The molecule has 0 aromatic heterocycles. The van der Waals surface area contributed by atoms with Crippen LogP contribution in [-0.4, -0.2) is 36.6 Å². The highest BCUT2D eigenvalue weighted by Crippen LogP contribution is 2.28. The summed E-state index contributed by atoms with van der Waals surface area (Å²) in [6.07, 6.45) is 1.06. The zero-order valence-electron chi connectivity index (χ0n) is 16.7. The maximum atomic E-state index is 12.9. The Morgan fingerprint density at radius 2 is 2.00 bits per heavy atom. The lowest BCUT2D eigenvalue weighted by Gasteiger charge is -2.31. The second kappa shape index (κ2) is 9.52. The van der Waals surface area contributed by atoms with Crippen LogP contribution in [0.5, 0.6) is 0 Å². The number of piperidine rings is 1. The molecule has 2 aromatic carbocycles. The SMILES string of the molecule is Cc1c(NC(=O)C2CCCN(S(=O)(=O)Cc3ccc(Cl)c(Cl)c3)C2)cccc1[N+](=O)[O-]. The minimum absolute atomic E-state index is 0.0451. The Kier molecular flexibility index (Phi) is 7.20. The number of hydrogen-bond acceptors (Lipinski definition) is 5. The number of amides is 1. The van der Waals surface area contributed by atoms with Crippen molar-refractivity contribution in [1.82, 2.24) is 4.31 Å². The number of anilines is 1. The fourth-order valence-electron chi connectivity index (χ4n) is 3.53. The van der Waals surface area contributed by atoms with Crippen molar-refractivity contribution in [2.24, 2.45) is 5.92 Å². The summed E-state index contributed by atoms with van der Waals surface area (Å²) in [5.74, 6) is -1.17. The van der Waals surface area contributed by atoms with E-state index in [0.29, 0.717) is 41.2 Å². The molecular weight excluding hydrogens is 465 g/mol. The van der Waals surface area contributed by atoms with Crippen molar-refractivity contribution < 1.29 is 18.1 Å². The van der Waals surface area contributed by atoms with Crippen LogP contribution in [0, 0.1) is 23.0 Å². The standard InChI is InChI=1S/C20H21Cl2N3O5S/c1-13-18(5-2-6-19(13)25(27)28)23-20(26)15-4-3-9-24(11-15)31(29,30)12-14-7-8-16(21)17(22)10-14/h2,5-8,10,15H,3-4,9,11-12H2,1H3,(H,23,26). The first-order valence-electron chi connectivity index (χ1n) is 9.55. The van der Waals surface area contributed by atoms with Crippen LogP contribution in [0.15, 0.2) is 36.4 Å². The van der Waals surface area contributed by atoms with Crippen molar-refractivity contribution in [3.05, 3.63) is 67.7 Å². The van der Waals surface area contributed by atoms with Gasteiger partial charge in [-0.25, -0.2) is 12.7 Å². The van der Waals surface area contributed by atoms with Gasteiger partial charge in [-0.1, -0.05) is 35.3 Å². The third-order valence-corrected chi connectivity index (χ3v) is 7.80. The minimum atomic E-state index is -3.67. The van der Waals surface area contributed by atoms with Gasteiger partial charge in [0.2, 0.25) is 15.9 Å². The van der Waals surface area contributed by atoms with E-state index in [4.69, 9.17) is 23.2 Å². The van der Waals surface area contributed by atoms with E-state index >= 15 is 0 Å². The molecule has 0 spiro atoms. The van der Waals surface area contributed by atoms with Crippen molar-refractivity contribution in [2.45, 2.75) is 25.5 Å². The van der Waals surface area contributed by atoms with E-state index in [1.165, 1.54) is 22.5 Å². The Morgan fingerprint density at radius 1 is 1.26 bits per heavy atom. The van der Waals surface area contributed by atoms with Crippen molar-refractivity contribution >= 4 is 50.5 Å². The molecule has 1 aliphatic rings. The van der Waals surface area contributed by atoms with Crippen molar-refractivity contribution in [2.75, 3.05) is 18.4 Å². The average Bonchev–Trinajstić information content (AvgIpc) is 2.72. The van der Waals surface area contributed by atoms with Crippen LogP contribution >= 0.6 is 23.2 Å². The van der Waals surface area contributed by atoms with Gasteiger partial charge in [-0.2, -0.15) is 0 Å². The fourth-order valence-corrected chi connectivity index (χ4v) is 5.45. The van der Waals surface area contributed by atoms with Crippen LogP contribution in [-0.2, 0) is 20.6 Å². The molecule has 0 bridgehead atoms. The maximum absolute atomic E-state index is 12.9. The van der Waals surface area contributed by atoms with Crippen molar-refractivity contribution in [3.63, 3.8) is 0 Å². The molecule has 0 saturated carbocycles. The number of nitrogens with zero attached hydrogens (tertiary/aromatic N) is 2. The summed E-state index contributed by atoms with van der Waals surface area (Å²) in [5.41, 5.74) is 1.11. The Labute approximate surface area is 190 Å². The van der Waals surface area contributed by atoms with Gasteiger partial charge in [-0.05, 0) is 43.5 Å². The normalized spacial score (nSPS) is 17.3. The number of nitrogens with one attached hydrogen (secondary N) is 1. The van der Waals surface area contributed by atoms with Crippen LogP contribution in [0.2, 0.25) is 10.0 Å². The zero-order chi connectivity index (χ0) is 22.8. The van der Waals surface area contributed by atoms with Crippen LogP contribution < -0.4 is 5.32 Å². The quantitative estimate of drug-likeness (QED) is 0.481. The number of halogens is 2. The number of carbonyl (C=O) groups excluding carboxylic acids is 1. The van der Waals surface area contributed by atoms with Crippen LogP contribution in [0.25, 0.3) is 0 Å². The molecule has 2 aromatic rings. The third-order valence-electron chi connectivity index (χ3n) is 5.24. The highest BCUT2D eigenvalue weighted by atomic mass is 35.5. The first-order valence-corrected chi connectivity index (χ1v) is 11.9. The minimum Gasteiger partial charge on any atom is -0.325 e. The molecule has 11 heteroatoms. The smallest absolute Gasteiger partial charge is 0.274 e. The molecule has 1 unspecified atom stereocenters. The topological polar surface area (TPSA) is 110 Å². The molecule has 1 N–H and O–H groups in total. The molecule has 1 aliphatic heterocycles. The molecule has 166 valence electrons. The summed E-state index contributed by atoms with van der Waals surface area (Å²) >= 11 is 11.9. The molecule has 31 heavy (non-hydrogen) atoms. The van der Waals surface area contributed by atoms with Gasteiger partial charge in [-0.15, -0.1) is 0 Å². The zero-order valence-corrected chi connectivity index (χ0v) is 19.0. The molecule has 3 rings (SSSR count). The van der Waals surface area contributed by atoms with Crippen LogP contribution in [0.1, 0.15) is 24.0 Å². The highest BCUT2D eigenvalue weighted by Gasteiger charge is 2.33. The second-order valence-electron chi connectivity index (χ2n) is 7.40. The lowest BCUT2D eigenvalue weighted by Crippen LogP contribution is -2.44. The van der Waals surface area contributed by atoms with Crippen molar-refractivity contribution in [1.29, 1.82) is 0 Å². The van der Waals surface area contributed by atoms with Gasteiger partial charge < -0.3 is 5.32 Å². The molecule has 1 saturated heterocycles. The summed E-state index contributed by atoms with van der Waals surface area (Å²) in [6, 6.07) is 9.11. The lowest BCUT2D eigenvalue weighted by atomic mass is 9.98. The second-order valence-corrected chi connectivity index (χ2v) is 10.2. The van der Waals surface area contributed by atoms with Gasteiger partial charge in [0.15, 0.2) is 0 Å². The van der Waals surface area contributed by atoms with E-state index in [1.54, 1.807) is 25.1 Å². The van der Waals surface area contributed by atoms with E-state index in [1.807, 2.05) is 0 Å². The summed E-state index contributed by atoms with van der Waals surface area (Å²) in [7, 11) is -3.67. The third kappa shape index (κ3) is 5.54. The van der Waals surface area contributed by atoms with E-state index < -0.39 is 20.9 Å². The fraction of sp³-hybridized carbons (Fsp3) is 0.350. The Bertz CT molecular complexity index is 1120. The maximum Gasteiger partial charge on any atom is 0.274 e. The molecule has 8 nitrogen and oxygen atoms in total. The average molecular weight is 486 g/mol. The molecule has 1 atom stereocenters. The molecule has 1 heterocycles. The first kappa shape index (κ1) is 23.5. The molecule has 1 fully saturated rings. The Balaban J connectivity index is 1.71. The Morgan fingerprint density at radius 3 is 2.68 bits per heavy atom. The van der Waals surface area contributed by atoms with Gasteiger partial charge in [0.25, 0.3) is 5.69 Å². The number of carbonyl (C=O) groups is 1. The number of benzene rings is 2. The highest BCUT2D eigenvalue weighted by molar-refractivity contribution is 7.88. The molecule has 0 radical (unpaired) electrons. The number of nitro groups is 1. The monoisotopic (exact) mass is 485 g/mol. The molecule has 0 aliphatic carbocycles. The number of rotatable bonds is 6. The van der Waals surface area contributed by atoms with Gasteiger partial charge in [-0.3, -0.25) is 14.9 Å².